The lowest BCUT2D eigenvalue weighted by Crippen LogP contribution is -2.30. The summed E-state index contributed by atoms with van der Waals surface area (Å²) in [6, 6.07) is 12.7. The van der Waals surface area contributed by atoms with E-state index in [1.165, 1.54) is 4.90 Å². The Hall–Kier alpha value is -2.87. The van der Waals surface area contributed by atoms with Crippen LogP contribution in [0.5, 0.6) is 5.75 Å². The number of phenols is 1. The Kier molecular flexibility index (Phi) is 4.57. The molecule has 3 N–H and O–H groups in total. The molecule has 2 heterocycles. The van der Waals surface area contributed by atoms with Crippen molar-refractivity contribution in [2.75, 3.05) is 18.4 Å². The number of rotatable bonds is 3. The van der Waals surface area contributed by atoms with Gasteiger partial charge in [0.1, 0.15) is 11.6 Å². The molecule has 27 heavy (non-hydrogen) atoms. The van der Waals surface area contributed by atoms with Gasteiger partial charge in [0, 0.05) is 29.0 Å². The monoisotopic (exact) mass is 428 g/mol. The SMILES string of the molecule is O=C(O)N1CCC(Nc2nc(-c3cc(Br)ccc3O)nc3ccccc23)C1. The van der Waals surface area contributed by atoms with Gasteiger partial charge in [-0.15, -0.1) is 0 Å². The Morgan fingerprint density at radius 1 is 1.22 bits per heavy atom. The largest absolute Gasteiger partial charge is 0.507 e. The summed E-state index contributed by atoms with van der Waals surface area (Å²) in [5.74, 6) is 1.13. The maximum Gasteiger partial charge on any atom is 0.407 e. The highest BCUT2D eigenvalue weighted by atomic mass is 79.9. The van der Waals surface area contributed by atoms with Crippen LogP contribution in [-0.4, -0.2) is 50.3 Å². The van der Waals surface area contributed by atoms with E-state index in [0.717, 1.165) is 15.4 Å². The lowest BCUT2D eigenvalue weighted by molar-refractivity contribution is 0.155. The molecule has 1 saturated heterocycles. The molecule has 1 aliphatic heterocycles. The third-order valence-electron chi connectivity index (χ3n) is 4.60. The number of nitrogens with zero attached hydrogens (tertiary/aromatic N) is 3. The molecule has 4 rings (SSSR count). The highest BCUT2D eigenvalue weighted by Crippen LogP contribution is 2.32. The number of carboxylic acid groups (broad SMARTS) is 1. The van der Waals surface area contributed by atoms with Crippen molar-refractivity contribution < 1.29 is 15.0 Å². The molecule has 1 atom stereocenters. The first-order chi connectivity index (χ1) is 13.0. The van der Waals surface area contributed by atoms with Gasteiger partial charge in [-0.1, -0.05) is 28.1 Å². The number of benzene rings is 2. The molecule has 1 fully saturated rings. The first-order valence-corrected chi connectivity index (χ1v) is 9.30. The zero-order chi connectivity index (χ0) is 19.0. The number of carbonyl (C=O) groups is 1. The van der Waals surface area contributed by atoms with E-state index >= 15 is 0 Å². The Morgan fingerprint density at radius 3 is 2.81 bits per heavy atom. The molecule has 0 spiro atoms. The fraction of sp³-hybridized carbons (Fsp3) is 0.211. The topological polar surface area (TPSA) is 98.6 Å². The van der Waals surface area contributed by atoms with Gasteiger partial charge in [0.2, 0.25) is 0 Å². The second-order valence-electron chi connectivity index (χ2n) is 6.43. The smallest absolute Gasteiger partial charge is 0.407 e. The number of hydrogen-bond donors (Lipinski definition) is 3. The molecule has 0 saturated carbocycles. The molecule has 0 bridgehead atoms. The molecule has 8 heteroatoms. The van der Waals surface area contributed by atoms with Crippen LogP contribution in [0.4, 0.5) is 10.6 Å². The number of phenolic OH excluding ortho intramolecular Hbond substituents is 1. The van der Waals surface area contributed by atoms with E-state index in [2.05, 4.69) is 31.2 Å². The summed E-state index contributed by atoms with van der Waals surface area (Å²) in [7, 11) is 0. The summed E-state index contributed by atoms with van der Waals surface area (Å²) in [6.45, 7) is 0.903. The predicted molar refractivity (Wildman–Crippen MR) is 106 cm³/mol. The average Bonchev–Trinajstić information content (AvgIpc) is 3.12. The van der Waals surface area contributed by atoms with Crippen molar-refractivity contribution in [2.45, 2.75) is 12.5 Å². The van der Waals surface area contributed by atoms with Crippen molar-refractivity contribution in [1.82, 2.24) is 14.9 Å². The van der Waals surface area contributed by atoms with Crippen LogP contribution >= 0.6 is 15.9 Å². The van der Waals surface area contributed by atoms with Gasteiger partial charge in [-0.2, -0.15) is 0 Å². The van der Waals surface area contributed by atoms with Gasteiger partial charge in [0.25, 0.3) is 0 Å². The third-order valence-corrected chi connectivity index (χ3v) is 5.10. The van der Waals surface area contributed by atoms with Crippen molar-refractivity contribution in [3.8, 4) is 17.1 Å². The molecule has 0 radical (unpaired) electrons. The number of para-hydroxylation sites is 1. The number of fused-ring (bicyclic) bond motifs is 1. The number of amides is 1. The normalized spacial score (nSPS) is 16.6. The summed E-state index contributed by atoms with van der Waals surface area (Å²) < 4.78 is 0.814. The fourth-order valence-corrected chi connectivity index (χ4v) is 3.60. The zero-order valence-electron chi connectivity index (χ0n) is 14.3. The Labute approximate surface area is 163 Å². The second kappa shape index (κ2) is 7.03. The number of aromatic hydroxyl groups is 1. The molecular weight excluding hydrogens is 412 g/mol. The molecule has 1 unspecified atom stereocenters. The van der Waals surface area contributed by atoms with Crippen LogP contribution in [0, 0.1) is 0 Å². The first kappa shape index (κ1) is 17.5. The molecular formula is C19H17BrN4O3. The van der Waals surface area contributed by atoms with E-state index in [0.29, 0.717) is 36.7 Å². The quantitative estimate of drug-likeness (QED) is 0.584. The Balaban J connectivity index is 1.75. The van der Waals surface area contributed by atoms with E-state index in [-0.39, 0.29) is 11.8 Å². The second-order valence-corrected chi connectivity index (χ2v) is 7.35. The van der Waals surface area contributed by atoms with Gasteiger partial charge in [0.05, 0.1) is 11.1 Å². The van der Waals surface area contributed by atoms with Crippen LogP contribution in [0.3, 0.4) is 0 Å². The minimum Gasteiger partial charge on any atom is -0.507 e. The van der Waals surface area contributed by atoms with Crippen molar-refractivity contribution in [2.24, 2.45) is 0 Å². The minimum absolute atomic E-state index is 0.0247. The molecule has 0 aliphatic carbocycles. The van der Waals surface area contributed by atoms with Gasteiger partial charge in [-0.05, 0) is 36.8 Å². The summed E-state index contributed by atoms with van der Waals surface area (Å²) in [4.78, 5) is 21.8. The molecule has 1 amide bonds. The van der Waals surface area contributed by atoms with E-state index in [9.17, 15) is 9.90 Å². The average molecular weight is 429 g/mol. The third kappa shape index (κ3) is 3.52. The molecule has 3 aromatic rings. The lowest BCUT2D eigenvalue weighted by Gasteiger charge is -2.17. The van der Waals surface area contributed by atoms with E-state index in [1.54, 1.807) is 18.2 Å². The number of likely N-dealkylation sites (tertiary alicyclic amines) is 1. The molecule has 7 nitrogen and oxygen atoms in total. The first-order valence-electron chi connectivity index (χ1n) is 8.51. The number of halogens is 1. The van der Waals surface area contributed by atoms with Crippen LogP contribution < -0.4 is 5.32 Å². The highest BCUT2D eigenvalue weighted by Gasteiger charge is 2.26. The maximum atomic E-state index is 11.2. The number of nitrogens with one attached hydrogen (secondary N) is 1. The van der Waals surface area contributed by atoms with Crippen molar-refractivity contribution in [3.05, 3.63) is 46.9 Å². The van der Waals surface area contributed by atoms with E-state index < -0.39 is 6.09 Å². The standard InChI is InChI=1S/C19H17BrN4O3/c20-11-5-6-16(25)14(9-11)18-22-15-4-2-1-3-13(15)17(23-18)21-12-7-8-24(10-12)19(26)27/h1-6,9,12,25H,7-8,10H2,(H,26,27)(H,21,22,23). The van der Waals surface area contributed by atoms with Crippen molar-refractivity contribution >= 4 is 38.7 Å². The van der Waals surface area contributed by atoms with E-state index in [4.69, 9.17) is 5.11 Å². The maximum absolute atomic E-state index is 11.2. The fourth-order valence-electron chi connectivity index (χ4n) is 3.24. The summed E-state index contributed by atoms with van der Waals surface area (Å²) >= 11 is 3.41. The number of anilines is 1. The Morgan fingerprint density at radius 2 is 2.04 bits per heavy atom. The predicted octanol–water partition coefficient (Wildman–Crippen LogP) is 3.93. The summed E-state index contributed by atoms with van der Waals surface area (Å²) in [5.41, 5.74) is 1.27. The van der Waals surface area contributed by atoms with Crippen LogP contribution in [0.2, 0.25) is 0 Å². The Bertz CT molecular complexity index is 1030. The van der Waals surface area contributed by atoms with Crippen LogP contribution in [0.25, 0.3) is 22.3 Å². The summed E-state index contributed by atoms with van der Waals surface area (Å²) in [5, 5.41) is 23.6. The van der Waals surface area contributed by atoms with Gasteiger partial charge >= 0.3 is 6.09 Å². The van der Waals surface area contributed by atoms with Gasteiger partial charge in [-0.25, -0.2) is 14.8 Å². The van der Waals surface area contributed by atoms with Gasteiger partial charge in [0.15, 0.2) is 5.82 Å². The number of aromatic nitrogens is 2. The van der Waals surface area contributed by atoms with Crippen LogP contribution in [-0.2, 0) is 0 Å². The molecule has 2 aromatic carbocycles. The molecule has 1 aliphatic rings. The highest BCUT2D eigenvalue weighted by molar-refractivity contribution is 9.10. The van der Waals surface area contributed by atoms with Crippen molar-refractivity contribution in [1.29, 1.82) is 0 Å². The van der Waals surface area contributed by atoms with Crippen LogP contribution in [0.1, 0.15) is 6.42 Å². The summed E-state index contributed by atoms with van der Waals surface area (Å²) in [6.07, 6.45) is -0.200. The van der Waals surface area contributed by atoms with Crippen LogP contribution in [0.15, 0.2) is 46.9 Å². The van der Waals surface area contributed by atoms with Gasteiger partial charge < -0.3 is 20.4 Å². The van der Waals surface area contributed by atoms with E-state index in [1.807, 2.05) is 24.3 Å². The lowest BCUT2D eigenvalue weighted by atomic mass is 10.1. The zero-order valence-corrected chi connectivity index (χ0v) is 15.8. The molecule has 1 aromatic heterocycles. The number of hydrogen-bond acceptors (Lipinski definition) is 5. The minimum atomic E-state index is -0.911. The molecule has 138 valence electrons. The van der Waals surface area contributed by atoms with Gasteiger partial charge in [-0.3, -0.25) is 0 Å². The van der Waals surface area contributed by atoms with Crippen molar-refractivity contribution in [3.63, 3.8) is 0 Å².